The standard InChI is InChI=1S/C16H23N3O2.ClH/c20-16(15-2-1-7-17-15)18-14-5-3-13(4-6-14)12-19-8-10-21-11-9-19;/h3-6,15,17H,1-2,7-12H2,(H,18,20);1H. The van der Waals surface area contributed by atoms with E-state index in [1.807, 2.05) is 12.1 Å². The first-order chi connectivity index (χ1) is 10.3. The lowest BCUT2D eigenvalue weighted by atomic mass is 10.1. The van der Waals surface area contributed by atoms with Crippen molar-refractivity contribution in [3.05, 3.63) is 29.8 Å². The summed E-state index contributed by atoms with van der Waals surface area (Å²) in [6, 6.07) is 8.13. The van der Waals surface area contributed by atoms with Crippen molar-refractivity contribution in [3.8, 4) is 0 Å². The van der Waals surface area contributed by atoms with Crippen molar-refractivity contribution in [1.82, 2.24) is 10.2 Å². The van der Waals surface area contributed by atoms with Gasteiger partial charge in [-0.1, -0.05) is 12.1 Å². The van der Waals surface area contributed by atoms with Gasteiger partial charge in [-0.3, -0.25) is 9.69 Å². The minimum absolute atomic E-state index is 0. The van der Waals surface area contributed by atoms with Crippen molar-refractivity contribution in [3.63, 3.8) is 0 Å². The Hall–Kier alpha value is -1.14. The van der Waals surface area contributed by atoms with Crippen LogP contribution >= 0.6 is 12.4 Å². The Morgan fingerprint density at radius 2 is 2.00 bits per heavy atom. The summed E-state index contributed by atoms with van der Waals surface area (Å²) in [6.07, 6.45) is 2.01. The molecule has 6 heteroatoms. The van der Waals surface area contributed by atoms with Crippen molar-refractivity contribution in [2.75, 3.05) is 38.2 Å². The molecule has 2 saturated heterocycles. The van der Waals surface area contributed by atoms with E-state index in [0.717, 1.165) is 57.9 Å². The predicted molar refractivity (Wildman–Crippen MR) is 89.4 cm³/mol. The number of nitrogens with zero attached hydrogens (tertiary/aromatic N) is 1. The van der Waals surface area contributed by atoms with E-state index in [-0.39, 0.29) is 24.4 Å². The molecule has 1 aromatic rings. The second-order valence-corrected chi connectivity index (χ2v) is 5.72. The quantitative estimate of drug-likeness (QED) is 0.883. The smallest absolute Gasteiger partial charge is 0.241 e. The molecule has 2 heterocycles. The normalized spacial score (nSPS) is 22.1. The van der Waals surface area contributed by atoms with E-state index in [1.54, 1.807) is 0 Å². The highest BCUT2D eigenvalue weighted by molar-refractivity contribution is 5.95. The molecule has 0 aliphatic carbocycles. The van der Waals surface area contributed by atoms with Crippen molar-refractivity contribution < 1.29 is 9.53 Å². The average Bonchev–Trinajstić information content (AvgIpc) is 3.05. The van der Waals surface area contributed by atoms with E-state index < -0.39 is 0 Å². The summed E-state index contributed by atoms with van der Waals surface area (Å²) >= 11 is 0. The third kappa shape index (κ3) is 4.68. The summed E-state index contributed by atoms with van der Waals surface area (Å²) in [5.41, 5.74) is 2.15. The third-order valence-corrected chi connectivity index (χ3v) is 4.11. The van der Waals surface area contributed by atoms with Crippen LogP contribution in [0.5, 0.6) is 0 Å². The number of carbonyl (C=O) groups excluding carboxylic acids is 1. The highest BCUT2D eigenvalue weighted by Gasteiger charge is 2.21. The Kier molecular flexibility index (Phi) is 6.64. The van der Waals surface area contributed by atoms with Crippen molar-refractivity contribution in [2.45, 2.75) is 25.4 Å². The summed E-state index contributed by atoms with van der Waals surface area (Å²) in [5, 5.41) is 6.19. The van der Waals surface area contributed by atoms with Crippen LogP contribution in [0.15, 0.2) is 24.3 Å². The predicted octanol–water partition coefficient (Wildman–Crippen LogP) is 1.63. The second kappa shape index (κ2) is 8.48. The molecule has 0 aromatic heterocycles. The summed E-state index contributed by atoms with van der Waals surface area (Å²) in [4.78, 5) is 14.4. The first-order valence-corrected chi connectivity index (χ1v) is 7.74. The maximum Gasteiger partial charge on any atom is 0.241 e. The van der Waals surface area contributed by atoms with E-state index in [4.69, 9.17) is 4.74 Å². The molecule has 3 rings (SSSR count). The van der Waals surface area contributed by atoms with Crippen molar-refractivity contribution in [1.29, 1.82) is 0 Å². The lowest BCUT2D eigenvalue weighted by Crippen LogP contribution is -2.36. The van der Waals surface area contributed by atoms with Crippen LogP contribution < -0.4 is 10.6 Å². The van der Waals surface area contributed by atoms with Gasteiger partial charge in [-0.25, -0.2) is 0 Å². The molecule has 2 N–H and O–H groups in total. The fourth-order valence-electron chi connectivity index (χ4n) is 2.85. The van der Waals surface area contributed by atoms with E-state index in [9.17, 15) is 4.79 Å². The van der Waals surface area contributed by atoms with Gasteiger partial charge < -0.3 is 15.4 Å². The SMILES string of the molecule is Cl.O=C(Nc1ccc(CN2CCOCC2)cc1)C1CCCN1. The summed E-state index contributed by atoms with van der Waals surface area (Å²) in [6.45, 7) is 5.51. The number of amides is 1. The monoisotopic (exact) mass is 325 g/mol. The molecule has 22 heavy (non-hydrogen) atoms. The molecule has 0 spiro atoms. The van der Waals surface area contributed by atoms with Gasteiger partial charge in [0.2, 0.25) is 5.91 Å². The summed E-state index contributed by atoms with van der Waals surface area (Å²) in [7, 11) is 0. The molecular weight excluding hydrogens is 302 g/mol. The molecule has 1 unspecified atom stereocenters. The fraction of sp³-hybridized carbons (Fsp3) is 0.562. The van der Waals surface area contributed by atoms with Gasteiger partial charge in [0.15, 0.2) is 0 Å². The molecule has 5 nitrogen and oxygen atoms in total. The minimum atomic E-state index is -0.0296. The number of anilines is 1. The van der Waals surface area contributed by atoms with Gasteiger partial charge in [0.25, 0.3) is 0 Å². The Morgan fingerprint density at radius 1 is 1.27 bits per heavy atom. The van der Waals surface area contributed by atoms with Gasteiger partial charge in [-0.05, 0) is 37.1 Å². The molecule has 2 aliphatic rings. The van der Waals surface area contributed by atoms with Gasteiger partial charge in [0.1, 0.15) is 0 Å². The maximum absolute atomic E-state index is 12.0. The van der Waals surface area contributed by atoms with E-state index in [2.05, 4.69) is 27.7 Å². The van der Waals surface area contributed by atoms with Gasteiger partial charge in [-0.15, -0.1) is 12.4 Å². The molecule has 122 valence electrons. The number of hydrogen-bond acceptors (Lipinski definition) is 4. The van der Waals surface area contributed by atoms with Crippen LogP contribution in [-0.4, -0.2) is 49.7 Å². The Labute approximate surface area is 137 Å². The van der Waals surface area contributed by atoms with Crippen molar-refractivity contribution >= 4 is 24.0 Å². The second-order valence-electron chi connectivity index (χ2n) is 5.72. The van der Waals surface area contributed by atoms with Crippen LogP contribution in [0.1, 0.15) is 18.4 Å². The molecular formula is C16H24ClN3O2. The largest absolute Gasteiger partial charge is 0.379 e. The van der Waals surface area contributed by atoms with Crippen LogP contribution in [-0.2, 0) is 16.1 Å². The lowest BCUT2D eigenvalue weighted by Gasteiger charge is -2.26. The van der Waals surface area contributed by atoms with Crippen LogP contribution in [0.4, 0.5) is 5.69 Å². The number of benzene rings is 1. The molecule has 1 atom stereocenters. The molecule has 0 bridgehead atoms. The van der Waals surface area contributed by atoms with Crippen LogP contribution in [0, 0.1) is 0 Å². The number of hydrogen-bond donors (Lipinski definition) is 2. The Morgan fingerprint density at radius 3 is 2.64 bits per heavy atom. The number of carbonyl (C=O) groups is 1. The average molecular weight is 326 g/mol. The first-order valence-electron chi connectivity index (χ1n) is 7.74. The number of rotatable bonds is 4. The highest BCUT2D eigenvalue weighted by atomic mass is 35.5. The topological polar surface area (TPSA) is 53.6 Å². The van der Waals surface area contributed by atoms with E-state index >= 15 is 0 Å². The van der Waals surface area contributed by atoms with Crippen LogP contribution in [0.3, 0.4) is 0 Å². The van der Waals surface area contributed by atoms with E-state index in [0.29, 0.717) is 0 Å². The Balaban J connectivity index is 0.00000176. The zero-order valence-electron chi connectivity index (χ0n) is 12.7. The number of halogens is 1. The third-order valence-electron chi connectivity index (χ3n) is 4.11. The van der Waals surface area contributed by atoms with Gasteiger partial charge >= 0.3 is 0 Å². The highest BCUT2D eigenvalue weighted by Crippen LogP contribution is 2.14. The summed E-state index contributed by atoms with van der Waals surface area (Å²) in [5.74, 6) is 0.0772. The van der Waals surface area contributed by atoms with Gasteiger partial charge in [0, 0.05) is 25.3 Å². The number of morpholine rings is 1. The minimum Gasteiger partial charge on any atom is -0.379 e. The zero-order chi connectivity index (χ0) is 14.5. The van der Waals surface area contributed by atoms with Crippen LogP contribution in [0.25, 0.3) is 0 Å². The van der Waals surface area contributed by atoms with Gasteiger partial charge in [-0.2, -0.15) is 0 Å². The molecule has 0 radical (unpaired) electrons. The molecule has 2 fully saturated rings. The number of nitrogens with one attached hydrogen (secondary N) is 2. The molecule has 1 aromatic carbocycles. The fourth-order valence-corrected chi connectivity index (χ4v) is 2.85. The number of ether oxygens (including phenoxy) is 1. The summed E-state index contributed by atoms with van der Waals surface area (Å²) < 4.78 is 5.35. The maximum atomic E-state index is 12.0. The zero-order valence-corrected chi connectivity index (χ0v) is 13.5. The Bertz CT molecular complexity index is 469. The molecule has 2 aliphatic heterocycles. The lowest BCUT2D eigenvalue weighted by molar-refractivity contribution is -0.117. The van der Waals surface area contributed by atoms with Gasteiger partial charge in [0.05, 0.1) is 19.3 Å². The van der Waals surface area contributed by atoms with Crippen molar-refractivity contribution in [2.24, 2.45) is 0 Å². The van der Waals surface area contributed by atoms with E-state index in [1.165, 1.54) is 5.56 Å². The van der Waals surface area contributed by atoms with Crippen LogP contribution in [0.2, 0.25) is 0 Å². The first kappa shape index (κ1) is 17.2. The molecule has 0 saturated carbocycles. The molecule has 1 amide bonds.